The number of nitrogens with zero attached hydrogens (tertiary/aromatic N) is 3. The van der Waals surface area contributed by atoms with E-state index in [1.54, 1.807) is 0 Å². The van der Waals surface area contributed by atoms with Crippen molar-refractivity contribution >= 4 is 54.7 Å². The van der Waals surface area contributed by atoms with E-state index in [4.69, 9.17) is 9.40 Å². The third-order valence-electron chi connectivity index (χ3n) is 9.35. The standard InChI is InChI=1S/C43H27N3O/c1-3-12-30(13-4-1)45-37-19-9-7-16-32(37)35-26-28(23-25-39(35)45)29-22-24-36-41(27-29)47-43(44-36)34-18-11-21-40-42(34)33-17-8-10-20-38(33)46(40)31-14-5-2-6-15-31/h1-27H. The van der Waals surface area contributed by atoms with E-state index < -0.39 is 0 Å². The van der Waals surface area contributed by atoms with Gasteiger partial charge in [-0.25, -0.2) is 4.98 Å². The molecule has 0 saturated heterocycles. The second-order valence-electron chi connectivity index (χ2n) is 12.0. The molecule has 0 spiro atoms. The van der Waals surface area contributed by atoms with Gasteiger partial charge in [0.2, 0.25) is 5.89 Å². The summed E-state index contributed by atoms with van der Waals surface area (Å²) in [5.74, 6) is 0.625. The highest BCUT2D eigenvalue weighted by molar-refractivity contribution is 6.15. The van der Waals surface area contributed by atoms with Gasteiger partial charge in [-0.1, -0.05) is 91.0 Å². The zero-order chi connectivity index (χ0) is 30.9. The lowest BCUT2D eigenvalue weighted by atomic mass is 10.0. The van der Waals surface area contributed by atoms with E-state index in [0.717, 1.165) is 55.6 Å². The van der Waals surface area contributed by atoms with Gasteiger partial charge in [-0.05, 0) is 83.9 Å². The molecule has 0 fully saturated rings. The molecule has 10 aromatic rings. The van der Waals surface area contributed by atoms with Gasteiger partial charge in [0.15, 0.2) is 5.58 Å². The smallest absolute Gasteiger partial charge is 0.228 e. The molecule has 0 saturated carbocycles. The van der Waals surface area contributed by atoms with E-state index in [-0.39, 0.29) is 0 Å². The first-order valence-corrected chi connectivity index (χ1v) is 15.9. The highest BCUT2D eigenvalue weighted by atomic mass is 16.3. The molecule has 0 N–H and O–H groups in total. The topological polar surface area (TPSA) is 35.9 Å². The van der Waals surface area contributed by atoms with Gasteiger partial charge >= 0.3 is 0 Å². The summed E-state index contributed by atoms with van der Waals surface area (Å²) in [4.78, 5) is 5.01. The van der Waals surface area contributed by atoms with Crippen molar-refractivity contribution in [3.8, 4) is 34.0 Å². The first-order valence-electron chi connectivity index (χ1n) is 15.9. The van der Waals surface area contributed by atoms with Crippen LogP contribution in [0, 0.1) is 0 Å². The quantitative estimate of drug-likeness (QED) is 0.201. The van der Waals surface area contributed by atoms with Crippen LogP contribution in [0.15, 0.2) is 168 Å². The molecule has 47 heavy (non-hydrogen) atoms. The maximum absolute atomic E-state index is 6.58. The highest BCUT2D eigenvalue weighted by Crippen LogP contribution is 2.40. The van der Waals surface area contributed by atoms with Crippen LogP contribution >= 0.6 is 0 Å². The zero-order valence-electron chi connectivity index (χ0n) is 25.3. The zero-order valence-corrected chi connectivity index (χ0v) is 25.3. The van der Waals surface area contributed by atoms with Crippen LogP contribution in [-0.4, -0.2) is 14.1 Å². The van der Waals surface area contributed by atoms with Crippen molar-refractivity contribution in [2.24, 2.45) is 0 Å². The summed E-state index contributed by atoms with van der Waals surface area (Å²) in [5, 5.41) is 4.77. The first-order chi connectivity index (χ1) is 23.3. The fourth-order valence-electron chi connectivity index (χ4n) is 7.28. The molecule has 4 heteroatoms. The van der Waals surface area contributed by atoms with Crippen molar-refractivity contribution in [2.75, 3.05) is 0 Å². The average molecular weight is 602 g/mol. The van der Waals surface area contributed by atoms with Crippen LogP contribution in [0.4, 0.5) is 0 Å². The SMILES string of the molecule is c1ccc(-n2c3ccccc3c3cc(-c4ccc5nc(-c6cccc7c6c6ccccc6n7-c6ccccc6)oc5c4)ccc32)cc1. The van der Waals surface area contributed by atoms with E-state index in [1.807, 2.05) is 0 Å². The van der Waals surface area contributed by atoms with Gasteiger partial charge in [-0.2, -0.15) is 0 Å². The molecule has 0 aliphatic heterocycles. The third kappa shape index (κ3) is 3.92. The molecule has 0 atom stereocenters. The summed E-state index contributed by atoms with van der Waals surface area (Å²) in [6.45, 7) is 0. The number of benzene rings is 7. The minimum absolute atomic E-state index is 0.625. The Hall–Kier alpha value is -6.39. The second kappa shape index (κ2) is 10.1. The summed E-state index contributed by atoms with van der Waals surface area (Å²) in [6, 6.07) is 57.7. The first kappa shape index (κ1) is 25.9. The number of fused-ring (bicyclic) bond motifs is 7. The number of hydrogen-bond donors (Lipinski definition) is 0. The number of oxazole rings is 1. The van der Waals surface area contributed by atoms with Crippen LogP contribution in [0.3, 0.4) is 0 Å². The predicted octanol–water partition coefficient (Wildman–Crippen LogP) is 11.4. The molecule has 0 amide bonds. The molecule has 0 unspecified atom stereocenters. The van der Waals surface area contributed by atoms with Crippen LogP contribution in [0.1, 0.15) is 0 Å². The molecule has 10 rings (SSSR count). The van der Waals surface area contributed by atoms with Gasteiger partial charge in [0.1, 0.15) is 5.52 Å². The summed E-state index contributed by atoms with van der Waals surface area (Å²) < 4.78 is 11.2. The summed E-state index contributed by atoms with van der Waals surface area (Å²) in [7, 11) is 0. The van der Waals surface area contributed by atoms with Crippen LogP contribution in [0.25, 0.3) is 88.7 Å². The molecule has 0 aliphatic rings. The number of hydrogen-bond acceptors (Lipinski definition) is 2. The molecule has 0 aliphatic carbocycles. The Morgan fingerprint density at radius 1 is 0.426 bits per heavy atom. The summed E-state index contributed by atoms with van der Waals surface area (Å²) in [5.41, 5.74) is 11.8. The van der Waals surface area contributed by atoms with Crippen LogP contribution < -0.4 is 0 Å². The van der Waals surface area contributed by atoms with Crippen molar-refractivity contribution in [1.29, 1.82) is 0 Å². The van der Waals surface area contributed by atoms with Crippen LogP contribution in [0.2, 0.25) is 0 Å². The number of rotatable bonds is 4. The Morgan fingerprint density at radius 3 is 1.77 bits per heavy atom. The Morgan fingerprint density at radius 2 is 1.00 bits per heavy atom. The van der Waals surface area contributed by atoms with E-state index >= 15 is 0 Å². The maximum Gasteiger partial charge on any atom is 0.228 e. The number of para-hydroxylation sites is 4. The van der Waals surface area contributed by atoms with Crippen molar-refractivity contribution in [3.05, 3.63) is 164 Å². The Kier molecular flexibility index (Phi) is 5.54. The molecule has 7 aromatic carbocycles. The fourth-order valence-corrected chi connectivity index (χ4v) is 7.28. The largest absolute Gasteiger partial charge is 0.436 e. The minimum Gasteiger partial charge on any atom is -0.436 e. The second-order valence-corrected chi connectivity index (χ2v) is 12.0. The summed E-state index contributed by atoms with van der Waals surface area (Å²) in [6.07, 6.45) is 0. The minimum atomic E-state index is 0.625. The Bertz CT molecular complexity index is 2780. The maximum atomic E-state index is 6.58. The van der Waals surface area contributed by atoms with Gasteiger partial charge in [0.05, 0.1) is 22.1 Å². The molecular formula is C43H27N3O. The van der Waals surface area contributed by atoms with E-state index in [1.165, 1.54) is 27.2 Å². The van der Waals surface area contributed by atoms with Gasteiger partial charge in [0.25, 0.3) is 0 Å². The summed E-state index contributed by atoms with van der Waals surface area (Å²) >= 11 is 0. The van der Waals surface area contributed by atoms with Crippen LogP contribution in [-0.2, 0) is 0 Å². The molecule has 0 bridgehead atoms. The Labute approximate surface area is 270 Å². The lowest BCUT2D eigenvalue weighted by molar-refractivity contribution is 0.621. The van der Waals surface area contributed by atoms with Crippen molar-refractivity contribution in [3.63, 3.8) is 0 Å². The van der Waals surface area contributed by atoms with E-state index in [2.05, 4.69) is 173 Å². The Balaban J connectivity index is 1.12. The molecule has 3 aromatic heterocycles. The van der Waals surface area contributed by atoms with Crippen molar-refractivity contribution in [2.45, 2.75) is 0 Å². The van der Waals surface area contributed by atoms with Gasteiger partial charge < -0.3 is 13.6 Å². The number of aromatic nitrogens is 3. The van der Waals surface area contributed by atoms with Gasteiger partial charge in [-0.3, -0.25) is 0 Å². The fraction of sp³-hybridized carbons (Fsp3) is 0. The molecule has 0 radical (unpaired) electrons. The van der Waals surface area contributed by atoms with Crippen LogP contribution in [0.5, 0.6) is 0 Å². The predicted molar refractivity (Wildman–Crippen MR) is 194 cm³/mol. The highest BCUT2D eigenvalue weighted by Gasteiger charge is 2.19. The molecular weight excluding hydrogens is 574 g/mol. The van der Waals surface area contributed by atoms with Gasteiger partial charge in [0, 0.05) is 38.5 Å². The lowest BCUT2D eigenvalue weighted by Gasteiger charge is -2.08. The average Bonchev–Trinajstić information content (AvgIpc) is 3.82. The van der Waals surface area contributed by atoms with E-state index in [0.29, 0.717) is 5.89 Å². The van der Waals surface area contributed by atoms with Crippen molar-refractivity contribution in [1.82, 2.24) is 14.1 Å². The van der Waals surface area contributed by atoms with E-state index in [9.17, 15) is 0 Å². The third-order valence-corrected chi connectivity index (χ3v) is 9.35. The normalized spacial score (nSPS) is 11.8. The monoisotopic (exact) mass is 601 g/mol. The molecule has 4 nitrogen and oxygen atoms in total. The molecule has 3 heterocycles. The van der Waals surface area contributed by atoms with Crippen molar-refractivity contribution < 1.29 is 4.42 Å². The van der Waals surface area contributed by atoms with Gasteiger partial charge in [-0.15, -0.1) is 0 Å². The lowest BCUT2D eigenvalue weighted by Crippen LogP contribution is -1.92. The molecule has 220 valence electrons.